The second kappa shape index (κ2) is 6.02. The molecule has 2 nitrogen and oxygen atoms in total. The van der Waals surface area contributed by atoms with E-state index in [1.165, 1.54) is 38.5 Å². The molecule has 0 aromatic rings. The van der Waals surface area contributed by atoms with E-state index in [-0.39, 0.29) is 0 Å². The molecular formula is C14H26O2. The van der Waals surface area contributed by atoms with E-state index < -0.39 is 0 Å². The molecule has 4 atom stereocenters. The van der Waals surface area contributed by atoms with E-state index in [1.807, 2.05) is 0 Å². The van der Waals surface area contributed by atoms with Crippen molar-refractivity contribution in [1.82, 2.24) is 0 Å². The van der Waals surface area contributed by atoms with Crippen molar-refractivity contribution in [3.63, 3.8) is 0 Å². The standard InChI is InChI=1S/C14H26O2/c1-11-3-5-13(15-9-11)7-8-14-6-4-12(2)10-16-14/h11-14H,3-10H2,1-2H3. The molecule has 0 saturated carbocycles. The van der Waals surface area contributed by atoms with Gasteiger partial charge in [-0.1, -0.05) is 13.8 Å². The topological polar surface area (TPSA) is 18.5 Å². The van der Waals surface area contributed by atoms with Crippen LogP contribution < -0.4 is 0 Å². The Balaban J connectivity index is 1.60. The molecule has 0 aromatic heterocycles. The fourth-order valence-electron chi connectivity index (χ4n) is 2.70. The summed E-state index contributed by atoms with van der Waals surface area (Å²) >= 11 is 0. The Morgan fingerprint density at radius 3 is 1.50 bits per heavy atom. The van der Waals surface area contributed by atoms with E-state index in [0.717, 1.165) is 25.0 Å². The van der Waals surface area contributed by atoms with Gasteiger partial charge in [-0.2, -0.15) is 0 Å². The Labute approximate surface area is 99.7 Å². The Bertz CT molecular complexity index is 167. The minimum absolute atomic E-state index is 0.513. The number of hydrogen-bond acceptors (Lipinski definition) is 2. The monoisotopic (exact) mass is 226 g/mol. The molecule has 2 heterocycles. The first-order chi connectivity index (χ1) is 7.74. The second-order valence-corrected chi connectivity index (χ2v) is 5.85. The third-order valence-electron chi connectivity index (χ3n) is 4.01. The van der Waals surface area contributed by atoms with Gasteiger partial charge in [0.25, 0.3) is 0 Å². The van der Waals surface area contributed by atoms with Gasteiger partial charge in [0.2, 0.25) is 0 Å². The molecule has 94 valence electrons. The average Bonchev–Trinajstić information content (AvgIpc) is 2.30. The van der Waals surface area contributed by atoms with E-state index in [1.54, 1.807) is 0 Å². The van der Waals surface area contributed by atoms with Gasteiger partial charge < -0.3 is 9.47 Å². The summed E-state index contributed by atoms with van der Waals surface area (Å²) < 4.78 is 11.7. The highest BCUT2D eigenvalue weighted by Gasteiger charge is 2.22. The second-order valence-electron chi connectivity index (χ2n) is 5.85. The molecule has 0 bridgehead atoms. The predicted octanol–water partition coefficient (Wildman–Crippen LogP) is 3.40. The summed E-state index contributed by atoms with van der Waals surface area (Å²) in [6, 6.07) is 0. The zero-order valence-corrected chi connectivity index (χ0v) is 10.8. The lowest BCUT2D eigenvalue weighted by molar-refractivity contribution is -0.0452. The molecule has 16 heavy (non-hydrogen) atoms. The summed E-state index contributed by atoms with van der Waals surface area (Å²) in [5.74, 6) is 1.53. The van der Waals surface area contributed by atoms with Crippen molar-refractivity contribution in [1.29, 1.82) is 0 Å². The highest BCUT2D eigenvalue weighted by atomic mass is 16.5. The maximum Gasteiger partial charge on any atom is 0.0576 e. The maximum absolute atomic E-state index is 5.85. The molecule has 0 N–H and O–H groups in total. The minimum atomic E-state index is 0.513. The summed E-state index contributed by atoms with van der Waals surface area (Å²) in [7, 11) is 0. The summed E-state index contributed by atoms with van der Waals surface area (Å²) in [6.07, 6.45) is 8.62. The van der Waals surface area contributed by atoms with Crippen LogP contribution >= 0.6 is 0 Å². The van der Waals surface area contributed by atoms with Crippen LogP contribution in [0.1, 0.15) is 52.4 Å². The zero-order chi connectivity index (χ0) is 11.4. The largest absolute Gasteiger partial charge is 0.378 e. The molecule has 2 heteroatoms. The van der Waals surface area contributed by atoms with Gasteiger partial charge in [-0.25, -0.2) is 0 Å². The maximum atomic E-state index is 5.85. The van der Waals surface area contributed by atoms with Gasteiger partial charge in [0.15, 0.2) is 0 Å². The molecule has 0 aromatic carbocycles. The third kappa shape index (κ3) is 3.74. The van der Waals surface area contributed by atoms with Gasteiger partial charge in [0.1, 0.15) is 0 Å². The third-order valence-corrected chi connectivity index (χ3v) is 4.01. The normalized spacial score (nSPS) is 40.9. The van der Waals surface area contributed by atoms with E-state index >= 15 is 0 Å². The van der Waals surface area contributed by atoms with Gasteiger partial charge in [0.05, 0.1) is 12.2 Å². The van der Waals surface area contributed by atoms with Crippen molar-refractivity contribution in [3.05, 3.63) is 0 Å². The summed E-state index contributed by atoms with van der Waals surface area (Å²) in [4.78, 5) is 0. The van der Waals surface area contributed by atoms with Crippen molar-refractivity contribution < 1.29 is 9.47 Å². The quantitative estimate of drug-likeness (QED) is 0.734. The molecule has 4 unspecified atom stereocenters. The fraction of sp³-hybridized carbons (Fsp3) is 1.00. The van der Waals surface area contributed by atoms with Crippen molar-refractivity contribution in [3.8, 4) is 0 Å². The molecule has 0 amide bonds. The average molecular weight is 226 g/mol. The lowest BCUT2D eigenvalue weighted by atomic mass is 9.94. The Kier molecular flexibility index (Phi) is 4.66. The lowest BCUT2D eigenvalue weighted by Gasteiger charge is -2.30. The minimum Gasteiger partial charge on any atom is -0.378 e. The highest BCUT2D eigenvalue weighted by molar-refractivity contribution is 4.72. The first-order valence-corrected chi connectivity index (χ1v) is 6.97. The molecule has 2 aliphatic heterocycles. The first-order valence-electron chi connectivity index (χ1n) is 6.97. The van der Waals surface area contributed by atoms with E-state index in [0.29, 0.717) is 12.2 Å². The van der Waals surface area contributed by atoms with Crippen LogP contribution in [0.5, 0.6) is 0 Å². The van der Waals surface area contributed by atoms with Crippen LogP contribution in [-0.4, -0.2) is 25.4 Å². The van der Waals surface area contributed by atoms with Crippen LogP contribution in [0.4, 0.5) is 0 Å². The summed E-state index contributed by atoms with van der Waals surface area (Å²) in [5, 5.41) is 0. The molecule has 2 saturated heterocycles. The molecule has 2 rings (SSSR count). The summed E-state index contributed by atoms with van der Waals surface area (Å²) in [5.41, 5.74) is 0. The molecule has 0 spiro atoms. The predicted molar refractivity (Wildman–Crippen MR) is 65.5 cm³/mol. The van der Waals surface area contributed by atoms with Crippen LogP contribution in [0.2, 0.25) is 0 Å². The van der Waals surface area contributed by atoms with Gasteiger partial charge in [0, 0.05) is 13.2 Å². The Morgan fingerprint density at radius 1 is 0.750 bits per heavy atom. The smallest absolute Gasteiger partial charge is 0.0576 e. The molecular weight excluding hydrogens is 200 g/mol. The highest BCUT2D eigenvalue weighted by Crippen LogP contribution is 2.25. The van der Waals surface area contributed by atoms with Crippen molar-refractivity contribution in [2.24, 2.45) is 11.8 Å². The van der Waals surface area contributed by atoms with Crippen molar-refractivity contribution >= 4 is 0 Å². The molecule has 2 aliphatic rings. The number of hydrogen-bond donors (Lipinski definition) is 0. The van der Waals surface area contributed by atoms with Gasteiger partial charge in [-0.3, -0.25) is 0 Å². The van der Waals surface area contributed by atoms with E-state index in [2.05, 4.69) is 13.8 Å². The zero-order valence-electron chi connectivity index (χ0n) is 10.8. The lowest BCUT2D eigenvalue weighted by Crippen LogP contribution is -2.28. The van der Waals surface area contributed by atoms with Crippen LogP contribution in [-0.2, 0) is 9.47 Å². The van der Waals surface area contributed by atoms with Crippen molar-refractivity contribution in [2.75, 3.05) is 13.2 Å². The fourth-order valence-corrected chi connectivity index (χ4v) is 2.70. The Morgan fingerprint density at radius 2 is 1.19 bits per heavy atom. The van der Waals surface area contributed by atoms with Gasteiger partial charge in [-0.05, 0) is 50.4 Å². The SMILES string of the molecule is CC1CCC(CCC2CCC(C)CO2)OC1. The van der Waals surface area contributed by atoms with E-state index in [9.17, 15) is 0 Å². The molecule has 2 fully saturated rings. The Hall–Kier alpha value is -0.0800. The van der Waals surface area contributed by atoms with Crippen LogP contribution in [0.15, 0.2) is 0 Å². The van der Waals surface area contributed by atoms with Gasteiger partial charge >= 0.3 is 0 Å². The van der Waals surface area contributed by atoms with Crippen LogP contribution in [0.3, 0.4) is 0 Å². The molecule has 0 radical (unpaired) electrons. The number of ether oxygens (including phenoxy) is 2. The summed E-state index contributed by atoms with van der Waals surface area (Å²) in [6.45, 7) is 6.49. The number of rotatable bonds is 3. The van der Waals surface area contributed by atoms with Crippen LogP contribution in [0, 0.1) is 11.8 Å². The van der Waals surface area contributed by atoms with Crippen molar-refractivity contribution in [2.45, 2.75) is 64.6 Å². The van der Waals surface area contributed by atoms with Crippen LogP contribution in [0.25, 0.3) is 0 Å². The van der Waals surface area contributed by atoms with E-state index in [4.69, 9.17) is 9.47 Å². The molecule has 0 aliphatic carbocycles. The first kappa shape index (κ1) is 12.4. The van der Waals surface area contributed by atoms with Gasteiger partial charge in [-0.15, -0.1) is 0 Å².